The average Bonchev–Trinajstić information content (AvgIpc) is 3.22. The first kappa shape index (κ1) is 23.7. The Hall–Kier alpha value is -3.08. The van der Waals surface area contributed by atoms with Crippen LogP contribution in [0.25, 0.3) is 11.4 Å². The van der Waals surface area contributed by atoms with Gasteiger partial charge >= 0.3 is 0 Å². The predicted molar refractivity (Wildman–Crippen MR) is 134 cm³/mol. The van der Waals surface area contributed by atoms with Gasteiger partial charge in [0.1, 0.15) is 17.7 Å². The van der Waals surface area contributed by atoms with E-state index < -0.39 is 12.0 Å². The molecule has 0 radical (unpaired) electrons. The number of hydrogen-bond acceptors (Lipinski definition) is 8. The van der Waals surface area contributed by atoms with Gasteiger partial charge in [-0.05, 0) is 56.6 Å². The second-order valence-corrected chi connectivity index (χ2v) is 9.30. The van der Waals surface area contributed by atoms with Crippen molar-refractivity contribution in [3.63, 3.8) is 0 Å². The minimum absolute atomic E-state index is 0.180. The summed E-state index contributed by atoms with van der Waals surface area (Å²) in [4.78, 5) is 15.5. The molecule has 0 bridgehead atoms. The van der Waals surface area contributed by atoms with Crippen LogP contribution in [0.2, 0.25) is 0 Å². The Morgan fingerprint density at radius 1 is 1.20 bits per heavy atom. The van der Waals surface area contributed by atoms with Crippen LogP contribution in [0.3, 0.4) is 0 Å². The van der Waals surface area contributed by atoms with E-state index in [1.807, 2.05) is 23.7 Å². The van der Waals surface area contributed by atoms with E-state index in [2.05, 4.69) is 42.7 Å². The number of aliphatic hydroxyl groups is 1. The molecule has 0 saturated carbocycles. The number of hydrogen-bond donors (Lipinski definition) is 4. The van der Waals surface area contributed by atoms with Crippen molar-refractivity contribution in [1.29, 1.82) is 0 Å². The van der Waals surface area contributed by atoms with E-state index in [4.69, 9.17) is 0 Å². The van der Waals surface area contributed by atoms with Gasteiger partial charge in [-0.1, -0.05) is 6.92 Å². The molecule has 9 nitrogen and oxygen atoms in total. The molecule has 4 N–H and O–H groups in total. The Kier molecular flexibility index (Phi) is 6.94. The lowest BCUT2D eigenvalue weighted by molar-refractivity contribution is 0.131. The van der Waals surface area contributed by atoms with E-state index in [0.29, 0.717) is 24.0 Å². The van der Waals surface area contributed by atoms with Gasteiger partial charge in [0.15, 0.2) is 5.82 Å². The zero-order valence-corrected chi connectivity index (χ0v) is 20.3. The number of aliphatic hydroxyl groups excluding tert-OH is 1. The van der Waals surface area contributed by atoms with E-state index in [9.17, 15) is 9.50 Å². The highest BCUT2D eigenvalue weighted by Gasteiger charge is 2.25. The smallest absolute Gasteiger partial charge is 0.229 e. The van der Waals surface area contributed by atoms with Crippen LogP contribution >= 0.6 is 0 Å². The standard InChI is InChI=1S/C25H33FN8O/c1-3-34-10-7-16(8-11-34)13-28-17-4-5-22(29-14-17)31-25-30-15-19(26)23(32-25)21-12-18-20(33(21)2)6-9-27-24(18)35/h4-5,12,14-16,24,27-28,35H,3,6-11,13H2,1-2H3,(H,29,30,31,32). The van der Waals surface area contributed by atoms with Crippen LogP contribution in [0.1, 0.15) is 37.3 Å². The number of nitrogens with zero attached hydrogens (tertiary/aromatic N) is 5. The normalized spacial score (nSPS) is 18.9. The van der Waals surface area contributed by atoms with Crippen LogP contribution in [0.5, 0.6) is 0 Å². The summed E-state index contributed by atoms with van der Waals surface area (Å²) in [5.74, 6) is 1.00. The Bertz CT molecular complexity index is 1160. The highest BCUT2D eigenvalue weighted by atomic mass is 19.1. The van der Waals surface area contributed by atoms with E-state index in [-0.39, 0.29) is 11.6 Å². The van der Waals surface area contributed by atoms with Crippen LogP contribution in [0.4, 0.5) is 21.8 Å². The molecule has 0 spiro atoms. The van der Waals surface area contributed by atoms with Gasteiger partial charge < -0.3 is 25.2 Å². The summed E-state index contributed by atoms with van der Waals surface area (Å²) in [6.07, 6.45) is 5.37. The van der Waals surface area contributed by atoms with E-state index in [1.54, 1.807) is 12.3 Å². The van der Waals surface area contributed by atoms with Gasteiger partial charge in [0.05, 0.1) is 23.8 Å². The number of fused-ring (bicyclic) bond motifs is 1. The highest BCUT2D eigenvalue weighted by molar-refractivity contribution is 5.62. The van der Waals surface area contributed by atoms with Crippen molar-refractivity contribution in [2.75, 3.05) is 43.4 Å². The number of nitrogens with one attached hydrogen (secondary N) is 3. The fraction of sp³-hybridized carbons (Fsp3) is 0.480. The van der Waals surface area contributed by atoms with Gasteiger partial charge in [0.25, 0.3) is 0 Å². The molecule has 5 heterocycles. The number of piperidine rings is 1. The Labute approximate surface area is 204 Å². The summed E-state index contributed by atoms with van der Waals surface area (Å²) >= 11 is 0. The highest BCUT2D eigenvalue weighted by Crippen LogP contribution is 2.31. The van der Waals surface area contributed by atoms with Crippen LogP contribution < -0.4 is 16.0 Å². The van der Waals surface area contributed by atoms with Gasteiger partial charge in [-0.3, -0.25) is 5.32 Å². The average molecular weight is 481 g/mol. The molecule has 3 aromatic heterocycles. The monoisotopic (exact) mass is 480 g/mol. The van der Waals surface area contributed by atoms with Crippen molar-refractivity contribution in [3.8, 4) is 11.4 Å². The molecule has 1 fully saturated rings. The fourth-order valence-corrected chi connectivity index (χ4v) is 4.94. The van der Waals surface area contributed by atoms with Crippen LogP contribution in [-0.2, 0) is 13.5 Å². The van der Waals surface area contributed by atoms with E-state index in [0.717, 1.165) is 42.7 Å². The number of rotatable bonds is 7. The largest absolute Gasteiger partial charge is 0.384 e. The molecule has 1 atom stereocenters. The topological polar surface area (TPSA) is 103 Å². The maximum Gasteiger partial charge on any atom is 0.229 e. The first-order valence-electron chi connectivity index (χ1n) is 12.3. The summed E-state index contributed by atoms with van der Waals surface area (Å²) in [6.45, 7) is 7.31. The second-order valence-electron chi connectivity index (χ2n) is 9.30. The molecule has 5 rings (SSSR count). The molecule has 1 unspecified atom stereocenters. The van der Waals surface area contributed by atoms with Gasteiger partial charge in [-0.25, -0.2) is 19.3 Å². The van der Waals surface area contributed by atoms with Gasteiger partial charge in [-0.2, -0.15) is 0 Å². The molecule has 3 aromatic rings. The van der Waals surface area contributed by atoms with E-state index in [1.165, 1.54) is 25.9 Å². The van der Waals surface area contributed by atoms with Gasteiger partial charge in [0, 0.05) is 37.8 Å². The van der Waals surface area contributed by atoms with Gasteiger partial charge in [-0.15, -0.1) is 0 Å². The zero-order valence-electron chi connectivity index (χ0n) is 20.3. The lowest BCUT2D eigenvalue weighted by atomic mass is 9.97. The van der Waals surface area contributed by atoms with Crippen molar-refractivity contribution in [3.05, 3.63) is 47.7 Å². The zero-order chi connectivity index (χ0) is 24.4. The Morgan fingerprint density at radius 2 is 2.03 bits per heavy atom. The molecule has 10 heteroatoms. The molecule has 2 aliphatic rings. The molecule has 0 amide bonds. The molecule has 186 valence electrons. The molecule has 0 aromatic carbocycles. The number of aromatic nitrogens is 4. The fourth-order valence-electron chi connectivity index (χ4n) is 4.94. The summed E-state index contributed by atoms with van der Waals surface area (Å²) in [5.41, 5.74) is 3.47. The van der Waals surface area contributed by atoms with Crippen molar-refractivity contribution in [2.24, 2.45) is 13.0 Å². The van der Waals surface area contributed by atoms with Gasteiger partial charge in [0.2, 0.25) is 5.95 Å². The van der Waals surface area contributed by atoms with Crippen LogP contribution in [0.15, 0.2) is 30.6 Å². The first-order valence-corrected chi connectivity index (χ1v) is 12.3. The van der Waals surface area contributed by atoms with E-state index >= 15 is 0 Å². The van der Waals surface area contributed by atoms with Crippen molar-refractivity contribution in [1.82, 2.24) is 29.7 Å². The lowest BCUT2D eigenvalue weighted by Crippen LogP contribution is -2.35. The quantitative estimate of drug-likeness (QED) is 0.409. The number of anilines is 3. The SMILES string of the molecule is CCN1CCC(CNc2ccc(Nc3ncc(F)c(-c4cc5c(n4C)CCNC5O)n3)nc2)CC1. The van der Waals surface area contributed by atoms with Crippen LogP contribution in [-0.4, -0.2) is 62.2 Å². The van der Waals surface area contributed by atoms with Crippen LogP contribution in [0, 0.1) is 11.7 Å². The van der Waals surface area contributed by atoms with Crippen molar-refractivity contribution in [2.45, 2.75) is 32.4 Å². The summed E-state index contributed by atoms with van der Waals surface area (Å²) in [5, 5.41) is 19.8. The molecular weight excluding hydrogens is 447 g/mol. The number of pyridine rings is 1. The third kappa shape index (κ3) is 5.14. The third-order valence-electron chi connectivity index (χ3n) is 7.13. The molecule has 35 heavy (non-hydrogen) atoms. The Balaban J connectivity index is 1.25. The molecule has 2 aliphatic heterocycles. The number of likely N-dealkylation sites (tertiary alicyclic amines) is 1. The van der Waals surface area contributed by atoms with Crippen molar-refractivity contribution < 1.29 is 9.50 Å². The second kappa shape index (κ2) is 10.3. The van der Waals surface area contributed by atoms with Crippen molar-refractivity contribution >= 4 is 17.5 Å². The minimum atomic E-state index is -0.762. The molecule has 0 aliphatic carbocycles. The maximum absolute atomic E-state index is 14.7. The lowest BCUT2D eigenvalue weighted by Gasteiger charge is -2.31. The first-order chi connectivity index (χ1) is 17.0. The summed E-state index contributed by atoms with van der Waals surface area (Å²) in [6, 6.07) is 5.62. The minimum Gasteiger partial charge on any atom is -0.384 e. The third-order valence-corrected chi connectivity index (χ3v) is 7.13. The maximum atomic E-state index is 14.7. The Morgan fingerprint density at radius 3 is 2.74 bits per heavy atom. The molecule has 1 saturated heterocycles. The predicted octanol–water partition coefficient (Wildman–Crippen LogP) is 3.04. The summed E-state index contributed by atoms with van der Waals surface area (Å²) < 4.78 is 16.6. The molecular formula is C25H33FN8O. The summed E-state index contributed by atoms with van der Waals surface area (Å²) in [7, 11) is 1.86. The number of halogens is 1.